The van der Waals surface area contributed by atoms with Gasteiger partial charge in [-0.1, -0.05) is 11.6 Å². The largest absolute Gasteiger partial charge is 0.459 e. The van der Waals surface area contributed by atoms with Gasteiger partial charge in [-0.25, -0.2) is 12.8 Å². The van der Waals surface area contributed by atoms with Gasteiger partial charge in [-0.05, 0) is 49.4 Å². The summed E-state index contributed by atoms with van der Waals surface area (Å²) < 4.78 is 44.9. The zero-order valence-electron chi connectivity index (χ0n) is 12.5. The number of fused-ring (bicyclic) bond motifs is 3. The highest BCUT2D eigenvalue weighted by atomic mass is 35.5. The molecule has 0 saturated carbocycles. The Morgan fingerprint density at radius 3 is 2.75 bits per heavy atom. The first kappa shape index (κ1) is 15.6. The molecule has 0 radical (unpaired) electrons. The van der Waals surface area contributed by atoms with E-state index in [1.165, 1.54) is 12.1 Å². The van der Waals surface area contributed by atoms with Crippen LogP contribution in [-0.2, 0) is 22.8 Å². The highest BCUT2D eigenvalue weighted by Crippen LogP contribution is 2.32. The van der Waals surface area contributed by atoms with Gasteiger partial charge in [-0.3, -0.25) is 0 Å². The van der Waals surface area contributed by atoms with Crippen LogP contribution in [0.2, 0.25) is 5.02 Å². The molecule has 4 nitrogen and oxygen atoms in total. The first-order chi connectivity index (χ1) is 11.4. The Balaban J connectivity index is 1.89. The monoisotopic (exact) mass is 365 g/mol. The first-order valence-corrected chi connectivity index (χ1v) is 9.27. The fraction of sp³-hybridized carbons (Fsp3) is 0.176. The van der Waals surface area contributed by atoms with E-state index >= 15 is 0 Å². The molecule has 1 N–H and O–H groups in total. The Morgan fingerprint density at radius 2 is 1.96 bits per heavy atom. The van der Waals surface area contributed by atoms with Crippen molar-refractivity contribution in [3.63, 3.8) is 0 Å². The normalized spacial score (nSPS) is 14.8. The molecule has 3 aromatic rings. The lowest BCUT2D eigenvalue weighted by molar-refractivity contribution is 0.488. The number of halogens is 2. The molecule has 0 atom stereocenters. The Morgan fingerprint density at radius 1 is 1.12 bits per heavy atom. The number of hydrogen-bond acceptors (Lipinski definition) is 4. The molecule has 7 heteroatoms. The van der Waals surface area contributed by atoms with Crippen molar-refractivity contribution < 1.29 is 17.2 Å². The summed E-state index contributed by atoms with van der Waals surface area (Å²) in [6.45, 7) is 1.45. The van der Waals surface area contributed by atoms with Crippen LogP contribution in [0, 0.1) is 5.82 Å². The Bertz CT molecular complexity index is 1040. The van der Waals surface area contributed by atoms with Crippen molar-refractivity contribution in [3.05, 3.63) is 58.6 Å². The van der Waals surface area contributed by atoms with E-state index in [0.29, 0.717) is 12.1 Å². The summed E-state index contributed by atoms with van der Waals surface area (Å²) in [5.74, 6) is 0.147. The summed E-state index contributed by atoms with van der Waals surface area (Å²) >= 11 is 5.79. The van der Waals surface area contributed by atoms with Gasteiger partial charge in [0.05, 0.1) is 16.3 Å². The first-order valence-electron chi connectivity index (χ1n) is 7.41. The number of benzene rings is 2. The maximum Gasteiger partial charge on any atom is 0.206 e. The van der Waals surface area contributed by atoms with Crippen molar-refractivity contribution in [2.45, 2.75) is 22.8 Å². The predicted molar refractivity (Wildman–Crippen MR) is 88.5 cm³/mol. The fourth-order valence-electron chi connectivity index (χ4n) is 3.00. The fourth-order valence-corrected chi connectivity index (χ4v) is 4.63. The third-order valence-corrected chi connectivity index (χ3v) is 6.09. The minimum Gasteiger partial charge on any atom is -0.459 e. The predicted octanol–water partition coefficient (Wildman–Crippen LogP) is 3.70. The van der Waals surface area contributed by atoms with E-state index in [9.17, 15) is 12.8 Å². The van der Waals surface area contributed by atoms with Crippen molar-refractivity contribution in [1.82, 2.24) is 5.32 Å². The maximum absolute atomic E-state index is 13.5. The molecular formula is C17H13ClFNO3S. The second kappa shape index (κ2) is 5.58. The van der Waals surface area contributed by atoms with Crippen molar-refractivity contribution in [1.29, 1.82) is 0 Å². The van der Waals surface area contributed by atoms with Gasteiger partial charge in [0.2, 0.25) is 9.84 Å². The number of hydrogen-bond donors (Lipinski definition) is 1. The maximum atomic E-state index is 13.5. The van der Waals surface area contributed by atoms with Crippen LogP contribution < -0.4 is 5.32 Å². The summed E-state index contributed by atoms with van der Waals surface area (Å²) in [6, 6.07) is 8.00. The Kier molecular flexibility index (Phi) is 3.63. The van der Waals surface area contributed by atoms with Crippen molar-refractivity contribution in [3.8, 4) is 0 Å². The van der Waals surface area contributed by atoms with E-state index in [2.05, 4.69) is 5.32 Å². The molecule has 1 aliphatic heterocycles. The molecule has 1 aliphatic rings. The van der Waals surface area contributed by atoms with Crippen LogP contribution in [0.5, 0.6) is 0 Å². The van der Waals surface area contributed by atoms with Crippen LogP contribution >= 0.6 is 11.6 Å². The zero-order chi connectivity index (χ0) is 16.9. The molecule has 0 aliphatic carbocycles. The SMILES string of the molecule is O=S(=O)(c1cc(F)cc(Cl)c1)c1ccc2oc3c(c2c1)CCNC3. The quantitative estimate of drug-likeness (QED) is 0.752. The average Bonchev–Trinajstić information content (AvgIpc) is 2.91. The summed E-state index contributed by atoms with van der Waals surface area (Å²) in [7, 11) is -3.86. The molecule has 0 fully saturated rings. The lowest BCUT2D eigenvalue weighted by Gasteiger charge is -2.11. The highest BCUT2D eigenvalue weighted by molar-refractivity contribution is 7.91. The molecule has 1 aromatic heterocycles. The molecule has 0 bridgehead atoms. The molecule has 24 heavy (non-hydrogen) atoms. The summed E-state index contributed by atoms with van der Waals surface area (Å²) in [5, 5.41) is 4.05. The van der Waals surface area contributed by atoms with Gasteiger partial charge in [0.25, 0.3) is 0 Å². The summed E-state index contributed by atoms with van der Waals surface area (Å²) in [6.07, 6.45) is 0.775. The van der Waals surface area contributed by atoms with Crippen LogP contribution in [0.1, 0.15) is 11.3 Å². The van der Waals surface area contributed by atoms with E-state index < -0.39 is 15.7 Å². The smallest absolute Gasteiger partial charge is 0.206 e. The number of sulfone groups is 1. The van der Waals surface area contributed by atoms with Crippen molar-refractivity contribution in [2.75, 3.05) is 6.54 Å². The second-order valence-electron chi connectivity index (χ2n) is 5.70. The second-order valence-corrected chi connectivity index (χ2v) is 8.08. The minimum absolute atomic E-state index is 0.0430. The third-order valence-electron chi connectivity index (χ3n) is 4.14. The van der Waals surface area contributed by atoms with Crippen LogP contribution in [-0.4, -0.2) is 15.0 Å². The van der Waals surface area contributed by atoms with Gasteiger partial charge in [0.1, 0.15) is 17.2 Å². The van der Waals surface area contributed by atoms with E-state index in [4.69, 9.17) is 16.0 Å². The third kappa shape index (κ3) is 2.51. The van der Waals surface area contributed by atoms with E-state index in [1.807, 2.05) is 0 Å². The molecular weight excluding hydrogens is 353 g/mol. The topological polar surface area (TPSA) is 59.3 Å². The number of nitrogens with one attached hydrogen (secondary N) is 1. The van der Waals surface area contributed by atoms with Crippen LogP contribution in [0.4, 0.5) is 4.39 Å². The minimum atomic E-state index is -3.86. The summed E-state index contributed by atoms with van der Waals surface area (Å²) in [4.78, 5) is -0.0651. The van der Waals surface area contributed by atoms with Gasteiger partial charge in [-0.15, -0.1) is 0 Å². The lowest BCUT2D eigenvalue weighted by Crippen LogP contribution is -2.22. The van der Waals surface area contributed by atoms with Gasteiger partial charge >= 0.3 is 0 Å². The molecule has 2 aromatic carbocycles. The highest BCUT2D eigenvalue weighted by Gasteiger charge is 2.23. The van der Waals surface area contributed by atoms with Gasteiger partial charge < -0.3 is 9.73 Å². The average molecular weight is 366 g/mol. The zero-order valence-corrected chi connectivity index (χ0v) is 14.0. The van der Waals surface area contributed by atoms with Gasteiger partial charge in [0.15, 0.2) is 0 Å². The van der Waals surface area contributed by atoms with E-state index in [-0.39, 0.29) is 14.8 Å². The van der Waals surface area contributed by atoms with Gasteiger partial charge in [-0.2, -0.15) is 0 Å². The molecule has 0 saturated heterocycles. The standard InChI is InChI=1S/C17H13ClFNO3S/c18-10-5-11(19)7-13(6-10)24(21,22)12-1-2-16-15(8-12)14-3-4-20-9-17(14)23-16/h1-2,5-8,20H,3-4,9H2. The Hall–Kier alpha value is -1.89. The van der Waals surface area contributed by atoms with E-state index in [1.54, 1.807) is 12.1 Å². The number of furan rings is 1. The molecule has 0 unspecified atom stereocenters. The number of rotatable bonds is 2. The van der Waals surface area contributed by atoms with Crippen molar-refractivity contribution >= 4 is 32.4 Å². The molecule has 124 valence electrons. The van der Waals surface area contributed by atoms with Gasteiger partial charge in [0, 0.05) is 16.0 Å². The summed E-state index contributed by atoms with van der Waals surface area (Å²) in [5.41, 5.74) is 1.68. The van der Waals surface area contributed by atoms with Crippen molar-refractivity contribution in [2.24, 2.45) is 0 Å². The molecule has 0 amide bonds. The molecule has 0 spiro atoms. The van der Waals surface area contributed by atoms with E-state index in [0.717, 1.165) is 41.8 Å². The molecule has 2 heterocycles. The lowest BCUT2D eigenvalue weighted by atomic mass is 10.1. The Labute approximate surface area is 143 Å². The van der Waals surface area contributed by atoms with Crippen LogP contribution in [0.15, 0.2) is 50.6 Å². The molecule has 4 rings (SSSR count). The van der Waals surface area contributed by atoms with Crippen LogP contribution in [0.3, 0.4) is 0 Å². The van der Waals surface area contributed by atoms with Crippen LogP contribution in [0.25, 0.3) is 11.0 Å².